The minimum absolute atomic E-state index is 0.0516. The molecule has 0 unspecified atom stereocenters. The molecule has 2 rings (SSSR count). The number of aryl methyl sites for hydroxylation is 1. The molecule has 0 bridgehead atoms. The first-order valence-corrected chi connectivity index (χ1v) is 5.06. The van der Waals surface area contributed by atoms with E-state index in [1.807, 2.05) is 0 Å². The molecule has 1 aromatic heterocycles. The number of hydrogen-bond donors (Lipinski definition) is 2. The molecule has 0 saturated heterocycles. The number of tetrazole rings is 1. The number of nitrogens with zero attached hydrogens (tertiary/aromatic N) is 5. The van der Waals surface area contributed by atoms with Crippen LogP contribution >= 0.6 is 0 Å². The van der Waals surface area contributed by atoms with Crippen molar-refractivity contribution < 1.29 is 9.72 Å². The quantitative estimate of drug-likeness (QED) is 0.449. The zero-order chi connectivity index (χ0) is 14.0. The minimum atomic E-state index is -0.730. The Bertz CT molecular complexity index is 651. The third-order valence-electron chi connectivity index (χ3n) is 2.20. The molecular weight excluding hydrogens is 254 g/mol. The van der Waals surface area contributed by atoms with E-state index in [0.717, 1.165) is 10.9 Å². The highest BCUT2D eigenvalue weighted by atomic mass is 16.6. The van der Waals surface area contributed by atoms with Gasteiger partial charge in [0.05, 0.1) is 12.0 Å². The molecule has 2 aromatic rings. The van der Waals surface area contributed by atoms with Crippen LogP contribution in [0.15, 0.2) is 18.2 Å². The maximum absolute atomic E-state index is 11.9. The van der Waals surface area contributed by atoms with E-state index in [2.05, 4.69) is 20.7 Å². The highest BCUT2D eigenvalue weighted by Crippen LogP contribution is 2.21. The van der Waals surface area contributed by atoms with E-state index in [4.69, 9.17) is 5.73 Å². The van der Waals surface area contributed by atoms with E-state index in [-0.39, 0.29) is 22.9 Å². The number of rotatable bonds is 3. The second kappa shape index (κ2) is 4.68. The van der Waals surface area contributed by atoms with E-state index in [1.165, 1.54) is 19.2 Å². The predicted molar refractivity (Wildman–Crippen MR) is 64.3 cm³/mol. The molecule has 0 fully saturated rings. The Kier molecular flexibility index (Phi) is 3.06. The lowest BCUT2D eigenvalue weighted by atomic mass is 10.1. The number of amides is 1. The highest BCUT2D eigenvalue weighted by molar-refractivity contribution is 6.06. The van der Waals surface area contributed by atoms with Crippen LogP contribution in [0.3, 0.4) is 0 Å². The number of nitrogen functional groups attached to an aromatic ring is 1. The van der Waals surface area contributed by atoms with Gasteiger partial charge in [-0.3, -0.25) is 20.2 Å². The van der Waals surface area contributed by atoms with Crippen LogP contribution in [0.1, 0.15) is 10.4 Å². The summed E-state index contributed by atoms with van der Waals surface area (Å²) in [6.07, 6.45) is 0. The van der Waals surface area contributed by atoms with Gasteiger partial charge in [-0.2, -0.15) is 4.80 Å². The number of nitro groups is 1. The first-order valence-electron chi connectivity index (χ1n) is 5.06. The summed E-state index contributed by atoms with van der Waals surface area (Å²) >= 11 is 0. The van der Waals surface area contributed by atoms with Gasteiger partial charge in [0.2, 0.25) is 0 Å². The Morgan fingerprint density at radius 1 is 1.53 bits per heavy atom. The lowest BCUT2D eigenvalue weighted by molar-refractivity contribution is -0.385. The van der Waals surface area contributed by atoms with Crippen LogP contribution in [-0.2, 0) is 7.05 Å². The van der Waals surface area contributed by atoms with Crippen LogP contribution < -0.4 is 11.1 Å². The molecule has 1 aromatic carbocycles. The smallest absolute Gasteiger partial charge is 0.282 e. The van der Waals surface area contributed by atoms with Crippen molar-refractivity contribution in [2.24, 2.45) is 7.05 Å². The van der Waals surface area contributed by atoms with Crippen molar-refractivity contribution in [2.45, 2.75) is 0 Å². The van der Waals surface area contributed by atoms with E-state index in [9.17, 15) is 14.9 Å². The third-order valence-corrected chi connectivity index (χ3v) is 2.20. The van der Waals surface area contributed by atoms with Gasteiger partial charge < -0.3 is 5.73 Å². The summed E-state index contributed by atoms with van der Waals surface area (Å²) in [7, 11) is 1.52. The summed E-state index contributed by atoms with van der Waals surface area (Å²) in [4.78, 5) is 23.2. The van der Waals surface area contributed by atoms with Crippen molar-refractivity contribution in [3.05, 3.63) is 33.9 Å². The van der Waals surface area contributed by atoms with Crippen molar-refractivity contribution >= 4 is 23.2 Å². The van der Waals surface area contributed by atoms with Gasteiger partial charge in [0, 0.05) is 11.8 Å². The molecule has 0 aliphatic heterocycles. The molecule has 0 atom stereocenters. The SMILES string of the molecule is Cn1nnc(NC(=O)c2cc(N)ccc2[N+](=O)[O-])n1. The summed E-state index contributed by atoms with van der Waals surface area (Å²) < 4.78 is 0. The molecule has 98 valence electrons. The van der Waals surface area contributed by atoms with Crippen molar-refractivity contribution in [1.82, 2.24) is 20.2 Å². The van der Waals surface area contributed by atoms with Gasteiger partial charge in [0.15, 0.2) is 0 Å². The lowest BCUT2D eigenvalue weighted by Gasteiger charge is -2.03. The van der Waals surface area contributed by atoms with Crippen molar-refractivity contribution in [2.75, 3.05) is 11.1 Å². The Hall–Kier alpha value is -3.04. The van der Waals surface area contributed by atoms with Crippen LogP contribution in [0, 0.1) is 10.1 Å². The third kappa shape index (κ3) is 2.62. The minimum Gasteiger partial charge on any atom is -0.399 e. The topological polar surface area (TPSA) is 142 Å². The number of hydrogen-bond acceptors (Lipinski definition) is 7. The number of benzene rings is 1. The molecular formula is C9H9N7O3. The largest absolute Gasteiger partial charge is 0.399 e. The van der Waals surface area contributed by atoms with E-state index >= 15 is 0 Å². The fourth-order valence-corrected chi connectivity index (χ4v) is 1.40. The average Bonchev–Trinajstić information content (AvgIpc) is 2.74. The number of aromatic nitrogens is 4. The Balaban J connectivity index is 2.32. The molecule has 0 aliphatic carbocycles. The maximum Gasteiger partial charge on any atom is 0.282 e. The summed E-state index contributed by atoms with van der Waals surface area (Å²) in [5.74, 6) is -0.781. The van der Waals surface area contributed by atoms with Crippen LogP contribution in [0.25, 0.3) is 0 Å². The fraction of sp³-hybridized carbons (Fsp3) is 0.111. The normalized spacial score (nSPS) is 10.2. The summed E-state index contributed by atoms with van der Waals surface area (Å²) in [6.45, 7) is 0. The molecule has 10 heteroatoms. The molecule has 19 heavy (non-hydrogen) atoms. The Morgan fingerprint density at radius 2 is 2.26 bits per heavy atom. The van der Waals surface area contributed by atoms with Gasteiger partial charge in [-0.15, -0.1) is 5.10 Å². The standard InChI is InChI=1S/C9H9N7O3/c1-15-13-9(12-14-15)11-8(17)6-4-5(10)2-3-7(6)16(18)19/h2-4H,10H2,1H3,(H,11,13,17). The lowest BCUT2D eigenvalue weighted by Crippen LogP contribution is -2.15. The first kappa shape index (κ1) is 12.4. The second-order valence-electron chi connectivity index (χ2n) is 3.59. The number of carbonyl (C=O) groups is 1. The summed E-state index contributed by atoms with van der Waals surface area (Å²) in [6, 6.07) is 3.72. The molecule has 0 saturated carbocycles. The van der Waals surface area contributed by atoms with Crippen molar-refractivity contribution in [3.8, 4) is 0 Å². The number of nitro benzene ring substituents is 1. The molecule has 0 spiro atoms. The number of nitrogens with one attached hydrogen (secondary N) is 1. The molecule has 1 amide bonds. The summed E-state index contributed by atoms with van der Waals surface area (Å²) in [5.41, 5.74) is 5.23. The molecule has 10 nitrogen and oxygen atoms in total. The van der Waals surface area contributed by atoms with Crippen molar-refractivity contribution in [3.63, 3.8) is 0 Å². The van der Waals surface area contributed by atoms with Crippen LogP contribution in [-0.4, -0.2) is 31.0 Å². The molecule has 0 radical (unpaired) electrons. The fourth-order valence-electron chi connectivity index (χ4n) is 1.40. The maximum atomic E-state index is 11.9. The number of nitrogens with two attached hydrogens (primary N) is 1. The highest BCUT2D eigenvalue weighted by Gasteiger charge is 2.21. The molecule has 3 N–H and O–H groups in total. The monoisotopic (exact) mass is 263 g/mol. The van der Waals surface area contributed by atoms with Gasteiger partial charge in [0.1, 0.15) is 5.56 Å². The zero-order valence-electron chi connectivity index (χ0n) is 9.77. The first-order chi connectivity index (χ1) is 8.97. The van der Waals surface area contributed by atoms with Gasteiger partial charge in [-0.25, -0.2) is 0 Å². The van der Waals surface area contributed by atoms with E-state index in [0.29, 0.717) is 0 Å². The zero-order valence-corrected chi connectivity index (χ0v) is 9.77. The van der Waals surface area contributed by atoms with Gasteiger partial charge in [-0.1, -0.05) is 5.10 Å². The van der Waals surface area contributed by atoms with Crippen LogP contribution in [0.4, 0.5) is 17.3 Å². The summed E-state index contributed by atoms with van der Waals surface area (Å²) in [5, 5.41) is 23.9. The van der Waals surface area contributed by atoms with Crippen molar-refractivity contribution in [1.29, 1.82) is 0 Å². The predicted octanol–water partition coefficient (Wildman–Crippen LogP) is -0.0472. The van der Waals surface area contributed by atoms with E-state index < -0.39 is 10.8 Å². The van der Waals surface area contributed by atoms with Gasteiger partial charge >= 0.3 is 0 Å². The average molecular weight is 263 g/mol. The van der Waals surface area contributed by atoms with E-state index in [1.54, 1.807) is 0 Å². The second-order valence-corrected chi connectivity index (χ2v) is 3.59. The van der Waals surface area contributed by atoms with Crippen LogP contribution in [0.5, 0.6) is 0 Å². The molecule has 0 aliphatic rings. The number of anilines is 2. The number of carbonyl (C=O) groups excluding carboxylic acids is 1. The van der Waals surface area contributed by atoms with Crippen LogP contribution in [0.2, 0.25) is 0 Å². The van der Waals surface area contributed by atoms with Gasteiger partial charge in [-0.05, 0) is 17.3 Å². The van der Waals surface area contributed by atoms with Gasteiger partial charge in [0.25, 0.3) is 17.5 Å². The Morgan fingerprint density at radius 3 is 2.84 bits per heavy atom. The Labute approximate surface area is 106 Å². The molecule has 1 heterocycles.